The van der Waals surface area contributed by atoms with Gasteiger partial charge in [0.2, 0.25) is 17.6 Å². The number of carbonyl (C=O) groups excluding carboxylic acids is 4. The van der Waals surface area contributed by atoms with Crippen molar-refractivity contribution in [2.45, 2.75) is 51.9 Å². The van der Waals surface area contributed by atoms with Crippen molar-refractivity contribution in [1.29, 1.82) is 0 Å². The van der Waals surface area contributed by atoms with E-state index in [1.165, 1.54) is 34.9 Å². The molecule has 50 heavy (non-hydrogen) atoms. The van der Waals surface area contributed by atoms with E-state index in [4.69, 9.17) is 4.74 Å². The van der Waals surface area contributed by atoms with Crippen molar-refractivity contribution in [2.75, 3.05) is 30.0 Å². The molecule has 0 spiro atoms. The van der Waals surface area contributed by atoms with Crippen molar-refractivity contribution in [2.24, 2.45) is 5.92 Å². The minimum Gasteiger partial charge on any atom is -0.618 e. The lowest BCUT2D eigenvalue weighted by atomic mass is 9.97. The molecule has 0 fully saturated rings. The SMILES string of the molecule is CN[C@@H](C)C(=O)CCCC1CN(C(=O)c2ccc(C(C)=O)cc2)c2ccccc2N(Cc2c(OCC(F)(F)F)c[n+]([O-])c3ccccc23)C1=O. The number of likely N-dealkylation sites (N-methyl/N-ethyl adjacent to an activating group) is 1. The van der Waals surface area contributed by atoms with Crippen LogP contribution in [0.1, 0.15) is 59.4 Å². The zero-order chi connectivity index (χ0) is 36.2. The molecule has 1 aliphatic heterocycles. The number of Topliss-reactive ketones (excluding diaryl/α,β-unsaturated/α-hetero) is 2. The van der Waals surface area contributed by atoms with Crippen LogP contribution in [-0.4, -0.2) is 55.8 Å². The van der Waals surface area contributed by atoms with E-state index in [1.807, 2.05) is 0 Å². The highest BCUT2D eigenvalue weighted by atomic mass is 19.4. The number of aromatic nitrogens is 1. The minimum atomic E-state index is -4.70. The minimum absolute atomic E-state index is 0.0414. The van der Waals surface area contributed by atoms with E-state index in [2.05, 4.69) is 5.32 Å². The van der Waals surface area contributed by atoms with Crippen LogP contribution < -0.4 is 24.6 Å². The molecule has 1 unspecified atom stereocenters. The summed E-state index contributed by atoms with van der Waals surface area (Å²) in [7, 11) is 1.67. The van der Waals surface area contributed by atoms with Gasteiger partial charge in [0, 0.05) is 35.7 Å². The molecule has 2 amide bonds. The molecular weight excluding hydrogens is 653 g/mol. The molecule has 0 radical (unpaired) electrons. The Kier molecular flexibility index (Phi) is 10.9. The molecule has 2 heterocycles. The van der Waals surface area contributed by atoms with Crippen molar-refractivity contribution in [1.82, 2.24) is 5.32 Å². The Morgan fingerprint density at radius 2 is 1.64 bits per heavy atom. The summed E-state index contributed by atoms with van der Waals surface area (Å²) >= 11 is 0. The van der Waals surface area contributed by atoms with Gasteiger partial charge in [-0.1, -0.05) is 36.4 Å². The van der Waals surface area contributed by atoms with Crippen LogP contribution in [0.3, 0.4) is 0 Å². The summed E-state index contributed by atoms with van der Waals surface area (Å²) in [6.45, 7) is 1.16. The molecule has 0 saturated carbocycles. The number of ketones is 2. The third-order valence-electron chi connectivity index (χ3n) is 8.86. The van der Waals surface area contributed by atoms with Gasteiger partial charge in [-0.15, -0.1) is 0 Å². The second-order valence-electron chi connectivity index (χ2n) is 12.2. The van der Waals surface area contributed by atoms with E-state index >= 15 is 0 Å². The molecule has 13 heteroatoms. The molecular formula is C37H37F3N4O6. The quantitative estimate of drug-likeness (QED) is 0.114. The van der Waals surface area contributed by atoms with Gasteiger partial charge in [-0.3, -0.25) is 19.2 Å². The van der Waals surface area contributed by atoms with Crippen LogP contribution in [0, 0.1) is 11.1 Å². The monoisotopic (exact) mass is 690 g/mol. The summed E-state index contributed by atoms with van der Waals surface area (Å²) in [5.74, 6) is -2.22. The molecule has 3 aromatic carbocycles. The average molecular weight is 691 g/mol. The van der Waals surface area contributed by atoms with Crippen LogP contribution in [0.5, 0.6) is 5.75 Å². The van der Waals surface area contributed by atoms with Gasteiger partial charge in [0.25, 0.3) is 5.91 Å². The standard InChI is InChI=1S/C37H37F3N4O6/c1-23(41-3)33(46)14-8-9-27-19-42(35(47)26-17-15-25(16-18-26)24(2)45)31-12-6-7-13-32(31)43(36(27)48)20-29-28-10-4-5-11-30(28)44(49)21-34(29)50-22-37(38,39)40/h4-7,10-13,15-18,21,23,27,41H,8-9,14,19-20,22H2,1-3H3/t23-,27?/m0/s1. The fourth-order valence-electron chi connectivity index (χ4n) is 6.04. The highest BCUT2D eigenvalue weighted by Crippen LogP contribution is 2.39. The smallest absolute Gasteiger partial charge is 0.422 e. The maximum atomic E-state index is 14.6. The van der Waals surface area contributed by atoms with E-state index in [-0.39, 0.29) is 65.9 Å². The molecule has 0 bridgehead atoms. The number of amides is 2. The first-order valence-corrected chi connectivity index (χ1v) is 16.2. The average Bonchev–Trinajstić information content (AvgIpc) is 3.21. The van der Waals surface area contributed by atoms with Gasteiger partial charge in [0.15, 0.2) is 18.1 Å². The molecule has 0 aliphatic carbocycles. The van der Waals surface area contributed by atoms with E-state index < -0.39 is 30.5 Å². The molecule has 262 valence electrons. The van der Waals surface area contributed by atoms with Crippen molar-refractivity contribution in [3.63, 3.8) is 0 Å². The lowest BCUT2D eigenvalue weighted by Crippen LogP contribution is -2.40. The highest BCUT2D eigenvalue weighted by molar-refractivity contribution is 6.12. The highest BCUT2D eigenvalue weighted by Gasteiger charge is 2.38. The largest absolute Gasteiger partial charge is 0.618 e. The summed E-state index contributed by atoms with van der Waals surface area (Å²) < 4.78 is 45.6. The number of rotatable bonds is 12. The maximum absolute atomic E-state index is 14.6. The van der Waals surface area contributed by atoms with Gasteiger partial charge in [-0.25, -0.2) is 0 Å². The molecule has 4 aromatic rings. The van der Waals surface area contributed by atoms with E-state index in [9.17, 15) is 37.6 Å². The number of anilines is 2. The first kappa shape index (κ1) is 36.0. The Morgan fingerprint density at radius 1 is 1.00 bits per heavy atom. The van der Waals surface area contributed by atoms with Crippen LogP contribution in [0.15, 0.2) is 79.0 Å². The molecule has 1 aliphatic rings. The summed E-state index contributed by atoms with van der Waals surface area (Å²) in [5, 5.41) is 16.1. The number of fused-ring (bicyclic) bond motifs is 2. The first-order chi connectivity index (χ1) is 23.8. The fraction of sp³-hybridized carbons (Fsp3) is 0.324. The van der Waals surface area contributed by atoms with Crippen molar-refractivity contribution >= 4 is 45.7 Å². The zero-order valence-electron chi connectivity index (χ0n) is 27.8. The number of para-hydroxylation sites is 3. The van der Waals surface area contributed by atoms with Crippen LogP contribution in [-0.2, 0) is 16.1 Å². The number of halogens is 3. The third kappa shape index (κ3) is 7.94. The van der Waals surface area contributed by atoms with Crippen LogP contribution in [0.2, 0.25) is 0 Å². The van der Waals surface area contributed by atoms with Crippen molar-refractivity contribution < 1.29 is 41.8 Å². The third-order valence-corrected chi connectivity index (χ3v) is 8.86. The van der Waals surface area contributed by atoms with Crippen LogP contribution in [0.4, 0.5) is 24.5 Å². The number of benzene rings is 3. The van der Waals surface area contributed by atoms with Gasteiger partial charge in [0.05, 0.1) is 35.3 Å². The van der Waals surface area contributed by atoms with Gasteiger partial charge in [-0.2, -0.15) is 17.9 Å². The van der Waals surface area contributed by atoms with Crippen LogP contribution >= 0.6 is 0 Å². The van der Waals surface area contributed by atoms with Gasteiger partial charge in [0.1, 0.15) is 5.78 Å². The first-order valence-electron chi connectivity index (χ1n) is 16.2. The number of carbonyl (C=O) groups is 4. The summed E-state index contributed by atoms with van der Waals surface area (Å²) in [6, 6.07) is 18.8. The predicted octanol–water partition coefficient (Wildman–Crippen LogP) is 5.77. The van der Waals surface area contributed by atoms with Crippen molar-refractivity contribution in [3.8, 4) is 5.75 Å². The van der Waals surface area contributed by atoms with Gasteiger partial charge in [-0.05, 0) is 64.1 Å². The number of nitrogens with one attached hydrogen (secondary N) is 1. The lowest BCUT2D eigenvalue weighted by molar-refractivity contribution is -0.577. The summed E-state index contributed by atoms with van der Waals surface area (Å²) in [5.41, 5.74) is 1.74. The number of alkyl halides is 3. The van der Waals surface area contributed by atoms with E-state index in [1.54, 1.807) is 68.6 Å². The zero-order valence-corrected chi connectivity index (χ0v) is 27.8. The molecule has 1 aromatic heterocycles. The number of hydrogen-bond donors (Lipinski definition) is 1. The van der Waals surface area contributed by atoms with Gasteiger partial charge < -0.3 is 25.1 Å². The van der Waals surface area contributed by atoms with Crippen LogP contribution in [0.25, 0.3) is 10.9 Å². The van der Waals surface area contributed by atoms with E-state index in [0.717, 1.165) is 6.20 Å². The normalized spacial score (nSPS) is 15.4. The Balaban J connectivity index is 1.61. The second-order valence-corrected chi connectivity index (χ2v) is 12.2. The second kappa shape index (κ2) is 15.1. The Morgan fingerprint density at radius 3 is 2.30 bits per heavy atom. The fourth-order valence-corrected chi connectivity index (χ4v) is 6.04. The number of hydrogen-bond acceptors (Lipinski definition) is 7. The number of pyridine rings is 1. The maximum Gasteiger partial charge on any atom is 0.422 e. The number of ether oxygens (including phenoxy) is 1. The molecule has 2 atom stereocenters. The Bertz CT molecular complexity index is 1910. The lowest BCUT2D eigenvalue weighted by Gasteiger charge is -2.27. The predicted molar refractivity (Wildman–Crippen MR) is 181 cm³/mol. The summed E-state index contributed by atoms with van der Waals surface area (Å²) in [4.78, 5) is 56.2. The summed E-state index contributed by atoms with van der Waals surface area (Å²) in [6.07, 6.45) is -3.03. The van der Waals surface area contributed by atoms with E-state index in [0.29, 0.717) is 33.5 Å². The molecule has 1 N–H and O–H groups in total. The number of nitrogens with zero attached hydrogens (tertiary/aromatic N) is 3. The van der Waals surface area contributed by atoms with Crippen molar-refractivity contribution in [3.05, 3.63) is 101 Å². The molecule has 0 saturated heterocycles. The Hall–Kier alpha value is -5.30. The van der Waals surface area contributed by atoms with Gasteiger partial charge >= 0.3 is 6.18 Å². The Labute approximate surface area is 287 Å². The molecule has 10 nitrogen and oxygen atoms in total. The molecule has 5 rings (SSSR count). The topological polar surface area (TPSA) is 123 Å².